The lowest BCUT2D eigenvalue weighted by Crippen LogP contribution is -2.05. The van der Waals surface area contributed by atoms with Gasteiger partial charge in [0.15, 0.2) is 0 Å². The highest BCUT2D eigenvalue weighted by atomic mass is 127. The van der Waals surface area contributed by atoms with Crippen LogP contribution in [0.2, 0.25) is 0 Å². The molecule has 0 aliphatic carbocycles. The fourth-order valence-corrected chi connectivity index (χ4v) is 2.67. The van der Waals surface area contributed by atoms with Crippen LogP contribution >= 0.6 is 22.6 Å². The molecule has 0 fully saturated rings. The third-order valence-corrected chi connectivity index (χ3v) is 3.82. The summed E-state index contributed by atoms with van der Waals surface area (Å²) >= 11 is 2.04. The fourth-order valence-electron chi connectivity index (χ4n) is 2.22. The second-order valence-corrected chi connectivity index (χ2v) is 5.87. The lowest BCUT2D eigenvalue weighted by Gasteiger charge is -2.20. The molecule has 1 aliphatic rings. The smallest absolute Gasteiger partial charge is 0.147 e. The molecule has 0 radical (unpaired) electrons. The maximum Gasteiger partial charge on any atom is 0.147 e. The van der Waals surface area contributed by atoms with Crippen molar-refractivity contribution in [2.45, 2.75) is 0 Å². The van der Waals surface area contributed by atoms with Crippen LogP contribution in [-0.4, -0.2) is 0 Å². The quantitative estimate of drug-likeness (QED) is 0.677. The number of nitrogens with one attached hydrogen (secondary N) is 2. The fraction of sp³-hybridized carbons (Fsp3) is 0. The van der Waals surface area contributed by atoms with Gasteiger partial charge in [-0.1, -0.05) is 6.58 Å². The summed E-state index contributed by atoms with van der Waals surface area (Å²) in [7, 11) is 0. The van der Waals surface area contributed by atoms with Crippen LogP contribution in [0.5, 0.6) is 0 Å². The van der Waals surface area contributed by atoms with Crippen molar-refractivity contribution in [1.29, 1.82) is 0 Å². The number of benzene rings is 2. The molecule has 1 heterocycles. The summed E-state index contributed by atoms with van der Waals surface area (Å²) in [5.41, 5.74) is 2.85. The van der Waals surface area contributed by atoms with E-state index in [2.05, 4.69) is 17.2 Å². The van der Waals surface area contributed by atoms with Gasteiger partial charge in [-0.25, -0.2) is 8.78 Å². The number of halogens is 3. The van der Waals surface area contributed by atoms with Gasteiger partial charge in [-0.15, -0.1) is 0 Å². The van der Waals surface area contributed by atoms with Crippen molar-refractivity contribution < 1.29 is 8.78 Å². The number of hydrogen-bond donors (Lipinski definition) is 2. The summed E-state index contributed by atoms with van der Waals surface area (Å²) in [5, 5.41) is 5.91. The van der Waals surface area contributed by atoms with E-state index in [1.807, 2.05) is 22.6 Å². The first-order valence-corrected chi connectivity index (χ1v) is 7.30. The lowest BCUT2D eigenvalue weighted by molar-refractivity contribution is 0.627. The summed E-state index contributed by atoms with van der Waals surface area (Å²) in [5.74, 6) is -0.789. The highest BCUT2D eigenvalue weighted by Gasteiger charge is 2.16. The van der Waals surface area contributed by atoms with Crippen LogP contribution in [0.25, 0.3) is 5.57 Å². The van der Waals surface area contributed by atoms with Gasteiger partial charge in [-0.3, -0.25) is 0 Å². The topological polar surface area (TPSA) is 24.1 Å². The average molecular weight is 396 g/mol. The molecule has 2 aromatic carbocycles. The van der Waals surface area contributed by atoms with Gasteiger partial charge < -0.3 is 10.6 Å². The second-order valence-electron chi connectivity index (χ2n) is 4.63. The first-order valence-electron chi connectivity index (χ1n) is 6.22. The van der Waals surface area contributed by atoms with E-state index in [9.17, 15) is 8.78 Å². The lowest BCUT2D eigenvalue weighted by atomic mass is 10.00. The summed E-state index contributed by atoms with van der Waals surface area (Å²) in [6.07, 6.45) is 3.48. The van der Waals surface area contributed by atoms with Crippen LogP contribution in [0.4, 0.5) is 25.8 Å². The van der Waals surface area contributed by atoms with Gasteiger partial charge in [0, 0.05) is 15.3 Å². The molecular weight excluding hydrogens is 385 g/mol. The molecule has 0 saturated heterocycles. The molecule has 0 bridgehead atoms. The van der Waals surface area contributed by atoms with Gasteiger partial charge in [0.25, 0.3) is 0 Å². The Labute approximate surface area is 134 Å². The van der Waals surface area contributed by atoms with Crippen molar-refractivity contribution in [3.63, 3.8) is 0 Å². The predicted molar refractivity (Wildman–Crippen MR) is 90.6 cm³/mol. The highest BCUT2D eigenvalue weighted by Crippen LogP contribution is 2.37. The molecule has 2 nitrogen and oxygen atoms in total. The highest BCUT2D eigenvalue weighted by molar-refractivity contribution is 14.1. The molecule has 106 valence electrons. The van der Waals surface area contributed by atoms with E-state index in [-0.39, 0.29) is 5.82 Å². The van der Waals surface area contributed by atoms with Gasteiger partial charge in [0.1, 0.15) is 11.6 Å². The first-order chi connectivity index (χ1) is 10.0. The van der Waals surface area contributed by atoms with E-state index in [0.29, 0.717) is 17.1 Å². The Bertz CT molecular complexity index is 769. The van der Waals surface area contributed by atoms with Gasteiger partial charge in [0.2, 0.25) is 0 Å². The molecule has 0 aromatic heterocycles. The number of fused-ring (bicyclic) bond motifs is 1. The Hall–Kier alpha value is -1.89. The Kier molecular flexibility index (Phi) is 3.67. The molecule has 3 rings (SSSR count). The van der Waals surface area contributed by atoms with E-state index in [1.54, 1.807) is 24.4 Å². The van der Waals surface area contributed by atoms with E-state index in [1.165, 1.54) is 18.2 Å². The molecule has 2 N–H and O–H groups in total. The summed E-state index contributed by atoms with van der Waals surface area (Å²) < 4.78 is 28.5. The number of hydrogen-bond acceptors (Lipinski definition) is 2. The van der Waals surface area contributed by atoms with Gasteiger partial charge in [0.05, 0.1) is 17.1 Å². The molecule has 1 aliphatic heterocycles. The zero-order valence-electron chi connectivity index (χ0n) is 10.9. The third kappa shape index (κ3) is 2.78. The van der Waals surface area contributed by atoms with Crippen LogP contribution in [0.3, 0.4) is 0 Å². The van der Waals surface area contributed by atoms with Crippen LogP contribution < -0.4 is 10.6 Å². The van der Waals surface area contributed by atoms with Crippen molar-refractivity contribution in [2.24, 2.45) is 0 Å². The molecule has 0 saturated carbocycles. The minimum absolute atomic E-state index is 0.297. The Morgan fingerprint density at radius 2 is 1.90 bits per heavy atom. The van der Waals surface area contributed by atoms with E-state index < -0.39 is 5.82 Å². The van der Waals surface area contributed by atoms with E-state index in [0.717, 1.165) is 14.7 Å². The predicted octanol–water partition coefficient (Wildman–Crippen LogP) is 5.27. The summed E-state index contributed by atoms with van der Waals surface area (Å²) in [4.78, 5) is 0. The van der Waals surface area contributed by atoms with E-state index in [4.69, 9.17) is 0 Å². The van der Waals surface area contributed by atoms with Gasteiger partial charge in [-0.05, 0) is 64.6 Å². The van der Waals surface area contributed by atoms with E-state index >= 15 is 0 Å². The zero-order chi connectivity index (χ0) is 15.0. The van der Waals surface area contributed by atoms with Crippen LogP contribution in [0, 0.1) is 15.2 Å². The third-order valence-electron chi connectivity index (χ3n) is 3.15. The minimum Gasteiger partial charge on any atom is -0.361 e. The van der Waals surface area contributed by atoms with Crippen molar-refractivity contribution in [3.05, 3.63) is 70.0 Å². The number of rotatable bonds is 2. The monoisotopic (exact) mass is 396 g/mol. The van der Waals surface area contributed by atoms with Crippen molar-refractivity contribution >= 4 is 45.2 Å². The molecular formula is C16H11F2IN2. The Morgan fingerprint density at radius 1 is 1.10 bits per heavy atom. The second kappa shape index (κ2) is 5.48. The first kappa shape index (κ1) is 14.1. The Balaban J connectivity index is 2.07. The summed E-state index contributed by atoms with van der Waals surface area (Å²) in [6.45, 7) is 3.94. The Morgan fingerprint density at radius 3 is 2.67 bits per heavy atom. The molecule has 0 unspecified atom stereocenters. The van der Waals surface area contributed by atoms with Crippen molar-refractivity contribution in [2.75, 3.05) is 10.6 Å². The van der Waals surface area contributed by atoms with Crippen molar-refractivity contribution in [3.8, 4) is 0 Å². The molecule has 0 spiro atoms. The zero-order valence-corrected chi connectivity index (χ0v) is 13.0. The van der Waals surface area contributed by atoms with Crippen LogP contribution in [0.1, 0.15) is 5.56 Å². The molecule has 0 atom stereocenters. The largest absolute Gasteiger partial charge is 0.361 e. The minimum atomic E-state index is -0.405. The maximum atomic E-state index is 14.0. The SMILES string of the molecule is C=C1C=CNc2cc(F)cc(Nc3ccc(I)cc3F)c21. The number of allylic oxidation sites excluding steroid dienone is 2. The molecule has 2 aromatic rings. The normalized spacial score (nSPS) is 12.8. The van der Waals surface area contributed by atoms with Gasteiger partial charge >= 0.3 is 0 Å². The summed E-state index contributed by atoms with van der Waals surface area (Å²) in [6, 6.07) is 7.55. The van der Waals surface area contributed by atoms with Crippen LogP contribution in [-0.2, 0) is 0 Å². The molecule has 5 heteroatoms. The van der Waals surface area contributed by atoms with Crippen LogP contribution in [0.15, 0.2) is 49.2 Å². The molecule has 0 amide bonds. The standard InChI is InChI=1S/C16H11F2IN2/c1-9-4-5-20-14-6-10(17)7-15(16(9)14)21-13-3-2-11(19)8-12(13)18/h2-8,20-21H,1H2. The van der Waals surface area contributed by atoms with Crippen molar-refractivity contribution in [1.82, 2.24) is 0 Å². The average Bonchev–Trinajstić information content (AvgIpc) is 2.41. The number of anilines is 3. The van der Waals surface area contributed by atoms with Gasteiger partial charge in [-0.2, -0.15) is 0 Å². The maximum absolute atomic E-state index is 14.0. The molecule has 21 heavy (non-hydrogen) atoms.